The fourth-order valence-electron chi connectivity index (χ4n) is 4.40. The molecular formula is C25H27ClN2O. The van der Waals surface area contributed by atoms with E-state index in [1.165, 1.54) is 22.8 Å². The lowest BCUT2D eigenvalue weighted by Gasteiger charge is -2.35. The fourth-order valence-corrected chi connectivity index (χ4v) is 4.52. The molecule has 1 saturated carbocycles. The third-order valence-electron chi connectivity index (χ3n) is 5.94. The van der Waals surface area contributed by atoms with Gasteiger partial charge < -0.3 is 10.6 Å². The Bertz CT molecular complexity index is 980. The van der Waals surface area contributed by atoms with Crippen molar-refractivity contribution in [1.82, 2.24) is 10.6 Å². The largest absolute Gasteiger partial charge is 0.348 e. The third kappa shape index (κ3) is 4.63. The van der Waals surface area contributed by atoms with Crippen LogP contribution in [0, 0.1) is 0 Å². The average Bonchev–Trinajstić information content (AvgIpc) is 2.75. The summed E-state index contributed by atoms with van der Waals surface area (Å²) in [6.45, 7) is 2.22. The summed E-state index contributed by atoms with van der Waals surface area (Å²) in [4.78, 5) is 12.7. The summed E-state index contributed by atoms with van der Waals surface area (Å²) in [5.74, 6) is -0.0295. The lowest BCUT2D eigenvalue weighted by molar-refractivity contribution is 0.0913. The first-order valence-corrected chi connectivity index (χ1v) is 10.8. The smallest absolute Gasteiger partial charge is 0.251 e. The zero-order valence-corrected chi connectivity index (χ0v) is 17.5. The first-order valence-electron chi connectivity index (χ1n) is 10.4. The second kappa shape index (κ2) is 8.98. The van der Waals surface area contributed by atoms with Crippen LogP contribution in [0.1, 0.15) is 54.6 Å². The van der Waals surface area contributed by atoms with Gasteiger partial charge in [-0.1, -0.05) is 66.9 Å². The van der Waals surface area contributed by atoms with Gasteiger partial charge in [-0.2, -0.15) is 0 Å². The Balaban J connectivity index is 1.48. The highest BCUT2D eigenvalue weighted by atomic mass is 35.5. The fraction of sp³-hybridized carbons (Fsp3) is 0.320. The van der Waals surface area contributed by atoms with Crippen LogP contribution in [-0.2, 0) is 0 Å². The number of carbonyl (C=O) groups is 1. The van der Waals surface area contributed by atoms with Crippen LogP contribution in [0.15, 0.2) is 66.7 Å². The highest BCUT2D eigenvalue weighted by Gasteiger charge is 2.28. The molecule has 4 heteroatoms. The van der Waals surface area contributed by atoms with Crippen molar-refractivity contribution in [2.45, 2.75) is 50.7 Å². The van der Waals surface area contributed by atoms with Gasteiger partial charge in [0.2, 0.25) is 0 Å². The number of rotatable bonds is 5. The molecule has 3 aromatic rings. The van der Waals surface area contributed by atoms with Gasteiger partial charge in [-0.15, -0.1) is 0 Å². The molecule has 2 N–H and O–H groups in total. The van der Waals surface area contributed by atoms with E-state index in [1.807, 2.05) is 0 Å². The summed E-state index contributed by atoms with van der Waals surface area (Å²) in [5, 5.41) is 10.2. The molecule has 29 heavy (non-hydrogen) atoms. The summed E-state index contributed by atoms with van der Waals surface area (Å²) >= 11 is 5.95. The number of carbonyl (C=O) groups excluding carboxylic acids is 1. The van der Waals surface area contributed by atoms with Gasteiger partial charge in [-0.05, 0) is 60.4 Å². The highest BCUT2D eigenvalue weighted by molar-refractivity contribution is 6.30. The second-order valence-corrected chi connectivity index (χ2v) is 8.37. The summed E-state index contributed by atoms with van der Waals surface area (Å²) in [7, 11) is 0. The van der Waals surface area contributed by atoms with Crippen molar-refractivity contribution in [3.05, 3.63) is 82.9 Å². The third-order valence-corrected chi connectivity index (χ3v) is 6.19. The summed E-state index contributed by atoms with van der Waals surface area (Å²) in [5.41, 5.74) is 1.96. The molecule has 0 aromatic heterocycles. The van der Waals surface area contributed by atoms with E-state index in [9.17, 15) is 4.79 Å². The molecule has 150 valence electrons. The molecule has 0 unspecified atom stereocenters. The van der Waals surface area contributed by atoms with Crippen LogP contribution in [0.3, 0.4) is 0 Å². The Hall–Kier alpha value is -2.36. The molecule has 0 spiro atoms. The minimum Gasteiger partial charge on any atom is -0.348 e. The summed E-state index contributed by atoms with van der Waals surface area (Å²) in [6, 6.07) is 22.7. The van der Waals surface area contributed by atoms with Crippen LogP contribution in [0.4, 0.5) is 0 Å². The zero-order chi connectivity index (χ0) is 20.2. The molecule has 1 aliphatic rings. The van der Waals surface area contributed by atoms with Gasteiger partial charge in [-0.3, -0.25) is 4.79 Å². The SMILES string of the molecule is C[C@@H](N[C@@H]1CCCC[C@@H]1NC(=O)c1ccc(Cl)cc1)c1cccc2ccccc12. The van der Waals surface area contributed by atoms with Crippen molar-refractivity contribution in [1.29, 1.82) is 0 Å². The van der Waals surface area contributed by atoms with Crippen molar-refractivity contribution >= 4 is 28.3 Å². The minimum absolute atomic E-state index is 0.0295. The maximum Gasteiger partial charge on any atom is 0.251 e. The van der Waals surface area contributed by atoms with Gasteiger partial charge >= 0.3 is 0 Å². The van der Waals surface area contributed by atoms with Crippen molar-refractivity contribution in [3.63, 3.8) is 0 Å². The number of fused-ring (bicyclic) bond motifs is 1. The number of benzene rings is 3. The predicted molar refractivity (Wildman–Crippen MR) is 120 cm³/mol. The molecule has 0 heterocycles. The van der Waals surface area contributed by atoms with Crippen molar-refractivity contribution in [2.75, 3.05) is 0 Å². The highest BCUT2D eigenvalue weighted by Crippen LogP contribution is 2.27. The molecule has 3 atom stereocenters. The quantitative estimate of drug-likeness (QED) is 0.555. The Morgan fingerprint density at radius 1 is 0.931 bits per heavy atom. The molecule has 0 saturated heterocycles. The molecule has 1 aliphatic carbocycles. The molecule has 0 bridgehead atoms. The molecule has 0 aliphatic heterocycles. The van der Waals surface area contributed by atoms with Crippen molar-refractivity contribution in [2.24, 2.45) is 0 Å². The number of nitrogens with one attached hydrogen (secondary N) is 2. The van der Waals surface area contributed by atoms with Gasteiger partial charge in [0.05, 0.1) is 0 Å². The van der Waals surface area contributed by atoms with E-state index in [1.54, 1.807) is 24.3 Å². The lowest BCUT2D eigenvalue weighted by Crippen LogP contribution is -2.52. The van der Waals surface area contributed by atoms with E-state index in [-0.39, 0.29) is 24.0 Å². The van der Waals surface area contributed by atoms with Crippen molar-refractivity contribution in [3.8, 4) is 0 Å². The van der Waals surface area contributed by atoms with Crippen LogP contribution in [0.5, 0.6) is 0 Å². The number of hydrogen-bond donors (Lipinski definition) is 2. The molecule has 4 rings (SSSR count). The molecule has 3 nitrogen and oxygen atoms in total. The molecule has 1 fully saturated rings. The van der Waals surface area contributed by atoms with E-state index in [4.69, 9.17) is 11.6 Å². The van der Waals surface area contributed by atoms with Gasteiger partial charge in [0.15, 0.2) is 0 Å². The molecular weight excluding hydrogens is 380 g/mol. The first kappa shape index (κ1) is 19.9. The average molecular weight is 407 g/mol. The van der Waals surface area contributed by atoms with Gasteiger partial charge in [0.25, 0.3) is 5.91 Å². The summed E-state index contributed by atoms with van der Waals surface area (Å²) in [6.07, 6.45) is 4.40. The normalized spacial score (nSPS) is 20.3. The van der Waals surface area contributed by atoms with Gasteiger partial charge in [0.1, 0.15) is 0 Å². The molecule has 1 amide bonds. The van der Waals surface area contributed by atoms with Crippen LogP contribution in [-0.4, -0.2) is 18.0 Å². The molecule has 3 aromatic carbocycles. The standard InChI is InChI=1S/C25H27ClN2O/c1-17(21-10-6-8-18-7-2-3-9-22(18)21)27-23-11-4-5-12-24(23)28-25(29)19-13-15-20(26)16-14-19/h2-3,6-10,13-17,23-24,27H,4-5,11-12H2,1H3,(H,28,29)/t17-,23-,24+/m1/s1. The Labute approximate surface area is 177 Å². The van der Waals surface area contributed by atoms with Gasteiger partial charge in [0, 0.05) is 28.7 Å². The zero-order valence-electron chi connectivity index (χ0n) is 16.7. The predicted octanol–water partition coefficient (Wildman–Crippen LogP) is 5.89. The first-order chi connectivity index (χ1) is 14.1. The van der Waals surface area contributed by atoms with E-state index in [2.05, 4.69) is 60.0 Å². The van der Waals surface area contributed by atoms with E-state index < -0.39 is 0 Å². The van der Waals surface area contributed by atoms with E-state index in [0.29, 0.717) is 10.6 Å². The topological polar surface area (TPSA) is 41.1 Å². The van der Waals surface area contributed by atoms with Crippen LogP contribution < -0.4 is 10.6 Å². The Morgan fingerprint density at radius 3 is 2.41 bits per heavy atom. The van der Waals surface area contributed by atoms with Crippen LogP contribution >= 0.6 is 11.6 Å². The maximum atomic E-state index is 12.7. The Kier molecular flexibility index (Phi) is 6.17. The van der Waals surface area contributed by atoms with Crippen molar-refractivity contribution < 1.29 is 4.79 Å². The van der Waals surface area contributed by atoms with Crippen LogP contribution in [0.25, 0.3) is 10.8 Å². The summed E-state index contributed by atoms with van der Waals surface area (Å²) < 4.78 is 0. The Morgan fingerprint density at radius 2 is 1.62 bits per heavy atom. The van der Waals surface area contributed by atoms with Gasteiger partial charge in [-0.25, -0.2) is 0 Å². The van der Waals surface area contributed by atoms with E-state index in [0.717, 1.165) is 19.3 Å². The number of amides is 1. The maximum absolute atomic E-state index is 12.7. The monoisotopic (exact) mass is 406 g/mol. The lowest BCUT2D eigenvalue weighted by atomic mass is 9.88. The second-order valence-electron chi connectivity index (χ2n) is 7.93. The number of hydrogen-bond acceptors (Lipinski definition) is 2. The molecule has 0 radical (unpaired) electrons. The number of halogens is 1. The van der Waals surface area contributed by atoms with Crippen LogP contribution in [0.2, 0.25) is 5.02 Å². The van der Waals surface area contributed by atoms with E-state index >= 15 is 0 Å². The minimum atomic E-state index is -0.0295.